The second-order valence-electron chi connectivity index (χ2n) is 3.82. The molecule has 0 atom stereocenters. The third-order valence-corrected chi connectivity index (χ3v) is 3.95. The van der Waals surface area contributed by atoms with Gasteiger partial charge in [-0.3, -0.25) is 0 Å². The molecule has 0 aromatic heterocycles. The van der Waals surface area contributed by atoms with Gasteiger partial charge in [0.25, 0.3) is 0 Å². The van der Waals surface area contributed by atoms with Crippen LogP contribution >= 0.6 is 15.9 Å². The molecule has 16 heavy (non-hydrogen) atoms. The summed E-state index contributed by atoms with van der Waals surface area (Å²) in [6, 6.07) is 3.72. The summed E-state index contributed by atoms with van der Waals surface area (Å²) >= 11 is 2.97. The molecule has 1 aromatic carbocycles. The Hall–Kier alpha value is -0.460. The second-order valence-corrected chi connectivity index (χ2v) is 6.44. The van der Waals surface area contributed by atoms with Crippen LogP contribution in [0.4, 0.5) is 4.39 Å². The van der Waals surface area contributed by atoms with Gasteiger partial charge in [0.15, 0.2) is 0 Å². The second kappa shape index (κ2) is 5.25. The minimum absolute atomic E-state index is 0.0612. The Kier molecular flexibility index (Phi) is 4.46. The number of benzene rings is 1. The zero-order chi connectivity index (χ0) is 12.3. The van der Waals surface area contributed by atoms with Crippen molar-refractivity contribution in [2.45, 2.75) is 18.7 Å². The molecular formula is C10H13BrFNO2S. The highest BCUT2D eigenvalue weighted by molar-refractivity contribution is 9.10. The summed E-state index contributed by atoms with van der Waals surface area (Å²) < 4.78 is 39.2. The van der Waals surface area contributed by atoms with Crippen LogP contribution in [0.1, 0.15) is 13.8 Å². The predicted octanol–water partition coefficient (Wildman–Crippen LogP) is 2.52. The maximum atomic E-state index is 13.2. The fraction of sp³-hybridized carbons (Fsp3) is 0.400. The van der Waals surface area contributed by atoms with Crippen molar-refractivity contribution in [1.82, 2.24) is 4.72 Å². The third-order valence-electron chi connectivity index (χ3n) is 1.88. The van der Waals surface area contributed by atoms with Crippen molar-refractivity contribution in [3.05, 3.63) is 28.5 Å². The van der Waals surface area contributed by atoms with E-state index in [0.29, 0.717) is 6.54 Å². The maximum Gasteiger partial charge on any atom is 0.240 e. The first-order valence-corrected chi connectivity index (χ1v) is 7.05. The fourth-order valence-electron chi connectivity index (χ4n) is 1.00. The third kappa shape index (κ3) is 3.54. The topological polar surface area (TPSA) is 46.2 Å². The summed E-state index contributed by atoms with van der Waals surface area (Å²) in [6.45, 7) is 4.12. The van der Waals surface area contributed by atoms with Gasteiger partial charge >= 0.3 is 0 Å². The summed E-state index contributed by atoms with van der Waals surface area (Å²) in [7, 11) is -3.61. The zero-order valence-electron chi connectivity index (χ0n) is 9.00. The van der Waals surface area contributed by atoms with Gasteiger partial charge in [-0.1, -0.05) is 13.8 Å². The van der Waals surface area contributed by atoms with Crippen molar-refractivity contribution in [2.75, 3.05) is 6.54 Å². The van der Waals surface area contributed by atoms with Crippen molar-refractivity contribution in [3.8, 4) is 0 Å². The Labute approximate surface area is 103 Å². The average Bonchev–Trinajstić information content (AvgIpc) is 2.19. The SMILES string of the molecule is CC(C)CNS(=O)(=O)c1ccc(Br)c(F)c1. The Morgan fingerprint density at radius 3 is 2.56 bits per heavy atom. The largest absolute Gasteiger partial charge is 0.240 e. The average molecular weight is 310 g/mol. The molecule has 0 fully saturated rings. The molecule has 1 N–H and O–H groups in total. The summed E-state index contributed by atoms with van der Waals surface area (Å²) in [5.74, 6) is -0.387. The zero-order valence-corrected chi connectivity index (χ0v) is 11.4. The van der Waals surface area contributed by atoms with Gasteiger partial charge in [-0.05, 0) is 40.0 Å². The van der Waals surface area contributed by atoms with Gasteiger partial charge in [0.05, 0.1) is 9.37 Å². The van der Waals surface area contributed by atoms with E-state index < -0.39 is 15.8 Å². The lowest BCUT2D eigenvalue weighted by atomic mass is 10.2. The van der Waals surface area contributed by atoms with E-state index in [2.05, 4.69) is 20.7 Å². The molecule has 0 heterocycles. The quantitative estimate of drug-likeness (QED) is 0.929. The number of nitrogens with one attached hydrogen (secondary N) is 1. The van der Waals surface area contributed by atoms with E-state index in [9.17, 15) is 12.8 Å². The smallest absolute Gasteiger partial charge is 0.211 e. The Balaban J connectivity index is 2.94. The highest BCUT2D eigenvalue weighted by atomic mass is 79.9. The molecule has 0 radical (unpaired) electrons. The molecule has 0 unspecified atom stereocenters. The molecule has 0 aliphatic rings. The van der Waals surface area contributed by atoms with Crippen LogP contribution in [0.5, 0.6) is 0 Å². The number of halogens is 2. The predicted molar refractivity (Wildman–Crippen MR) is 64.1 cm³/mol. The molecule has 0 spiro atoms. The van der Waals surface area contributed by atoms with Gasteiger partial charge in [-0.15, -0.1) is 0 Å². The van der Waals surface area contributed by atoms with Crippen LogP contribution < -0.4 is 4.72 Å². The van der Waals surface area contributed by atoms with Crippen LogP contribution in [-0.4, -0.2) is 15.0 Å². The molecule has 0 amide bonds. The Morgan fingerprint density at radius 2 is 2.06 bits per heavy atom. The molecular weight excluding hydrogens is 297 g/mol. The first-order chi connectivity index (χ1) is 7.33. The van der Waals surface area contributed by atoms with Crippen LogP contribution in [0, 0.1) is 11.7 Å². The van der Waals surface area contributed by atoms with Crippen molar-refractivity contribution in [2.24, 2.45) is 5.92 Å². The van der Waals surface area contributed by atoms with Crippen LogP contribution in [0.25, 0.3) is 0 Å². The summed E-state index contributed by atoms with van der Waals surface area (Å²) in [4.78, 5) is -0.0612. The molecule has 0 bridgehead atoms. The van der Waals surface area contributed by atoms with Crippen LogP contribution in [0.3, 0.4) is 0 Å². The van der Waals surface area contributed by atoms with Crippen molar-refractivity contribution < 1.29 is 12.8 Å². The molecule has 0 aliphatic heterocycles. The van der Waals surface area contributed by atoms with E-state index in [4.69, 9.17) is 0 Å². The summed E-state index contributed by atoms with van der Waals surface area (Å²) in [5, 5.41) is 0. The van der Waals surface area contributed by atoms with E-state index in [-0.39, 0.29) is 15.3 Å². The lowest BCUT2D eigenvalue weighted by Gasteiger charge is -2.09. The van der Waals surface area contributed by atoms with E-state index in [1.165, 1.54) is 12.1 Å². The van der Waals surface area contributed by atoms with Crippen molar-refractivity contribution in [1.29, 1.82) is 0 Å². The molecule has 1 aromatic rings. The lowest BCUT2D eigenvalue weighted by molar-refractivity contribution is 0.557. The van der Waals surface area contributed by atoms with Crippen LogP contribution in [0.2, 0.25) is 0 Å². The molecule has 0 saturated carbocycles. The Bertz CT molecular complexity index is 474. The Morgan fingerprint density at radius 1 is 1.44 bits per heavy atom. The minimum atomic E-state index is -3.61. The van der Waals surface area contributed by atoms with Gasteiger partial charge in [0.1, 0.15) is 5.82 Å². The number of rotatable bonds is 4. The molecule has 6 heteroatoms. The van der Waals surface area contributed by atoms with E-state index in [0.717, 1.165) is 6.07 Å². The normalized spacial score (nSPS) is 12.1. The van der Waals surface area contributed by atoms with Crippen molar-refractivity contribution >= 4 is 26.0 Å². The number of hydrogen-bond acceptors (Lipinski definition) is 2. The molecule has 0 aliphatic carbocycles. The maximum absolute atomic E-state index is 13.2. The van der Waals surface area contributed by atoms with Crippen LogP contribution in [0.15, 0.2) is 27.6 Å². The molecule has 1 rings (SSSR count). The number of hydrogen-bond donors (Lipinski definition) is 1. The first kappa shape index (κ1) is 13.6. The van der Waals surface area contributed by atoms with Gasteiger partial charge in [0.2, 0.25) is 10.0 Å². The van der Waals surface area contributed by atoms with Crippen LogP contribution in [-0.2, 0) is 10.0 Å². The standard InChI is InChI=1S/C10H13BrFNO2S/c1-7(2)6-13-16(14,15)8-3-4-9(11)10(12)5-8/h3-5,7,13H,6H2,1-2H3. The minimum Gasteiger partial charge on any atom is -0.211 e. The van der Waals surface area contributed by atoms with Gasteiger partial charge in [-0.25, -0.2) is 17.5 Å². The summed E-state index contributed by atoms with van der Waals surface area (Å²) in [5.41, 5.74) is 0. The van der Waals surface area contributed by atoms with E-state index >= 15 is 0 Å². The van der Waals surface area contributed by atoms with Gasteiger partial charge < -0.3 is 0 Å². The number of sulfonamides is 1. The molecule has 3 nitrogen and oxygen atoms in total. The highest BCUT2D eigenvalue weighted by Gasteiger charge is 2.15. The first-order valence-electron chi connectivity index (χ1n) is 4.77. The van der Waals surface area contributed by atoms with Gasteiger partial charge in [-0.2, -0.15) is 0 Å². The highest BCUT2D eigenvalue weighted by Crippen LogP contribution is 2.19. The molecule has 90 valence electrons. The fourth-order valence-corrected chi connectivity index (χ4v) is 2.48. The lowest BCUT2D eigenvalue weighted by Crippen LogP contribution is -2.27. The van der Waals surface area contributed by atoms with E-state index in [1.807, 2.05) is 13.8 Å². The van der Waals surface area contributed by atoms with E-state index in [1.54, 1.807) is 0 Å². The summed E-state index contributed by atoms with van der Waals surface area (Å²) in [6.07, 6.45) is 0. The van der Waals surface area contributed by atoms with Gasteiger partial charge in [0, 0.05) is 6.54 Å². The van der Waals surface area contributed by atoms with Crippen molar-refractivity contribution in [3.63, 3.8) is 0 Å². The monoisotopic (exact) mass is 309 g/mol. The molecule has 0 saturated heterocycles.